The van der Waals surface area contributed by atoms with Gasteiger partial charge in [-0.05, 0) is 48.4 Å². The quantitative estimate of drug-likeness (QED) is 0.299. The van der Waals surface area contributed by atoms with Crippen molar-refractivity contribution in [3.05, 3.63) is 101 Å². The van der Waals surface area contributed by atoms with Crippen LogP contribution in [0.25, 0.3) is 10.9 Å². The topological polar surface area (TPSA) is 94.7 Å². The number of anilines is 1. The number of amides is 4. The molecule has 0 bridgehead atoms. The average Bonchev–Trinajstić information content (AvgIpc) is 3.42. The minimum Gasteiger partial charge on any atom is -0.383 e. The van der Waals surface area contributed by atoms with Crippen molar-refractivity contribution in [3.63, 3.8) is 0 Å². The van der Waals surface area contributed by atoms with Crippen LogP contribution in [0.3, 0.4) is 0 Å². The van der Waals surface area contributed by atoms with Crippen LogP contribution in [0.2, 0.25) is 0 Å². The van der Waals surface area contributed by atoms with E-state index in [1.54, 1.807) is 36.3 Å². The van der Waals surface area contributed by atoms with Crippen molar-refractivity contribution in [2.24, 2.45) is 0 Å². The molecule has 2 aliphatic rings. The van der Waals surface area contributed by atoms with Gasteiger partial charge in [-0.15, -0.1) is 0 Å². The molecule has 8 nitrogen and oxygen atoms in total. The van der Waals surface area contributed by atoms with Gasteiger partial charge in [0.05, 0.1) is 12.3 Å². The number of benzene rings is 3. The van der Waals surface area contributed by atoms with Crippen LogP contribution in [0, 0.1) is 6.92 Å². The molecular weight excluding hydrogens is 480 g/mol. The van der Waals surface area contributed by atoms with Crippen molar-refractivity contribution in [1.82, 2.24) is 15.2 Å². The molecular formula is C30H28N4O4. The first kappa shape index (κ1) is 23.9. The van der Waals surface area contributed by atoms with E-state index in [-0.39, 0.29) is 17.8 Å². The van der Waals surface area contributed by atoms with Gasteiger partial charge in [0.25, 0.3) is 11.8 Å². The number of imide groups is 1. The molecule has 1 aromatic heterocycles. The summed E-state index contributed by atoms with van der Waals surface area (Å²) in [5.74, 6) is -0.504. The maximum Gasteiger partial charge on any atom is 0.332 e. The summed E-state index contributed by atoms with van der Waals surface area (Å²) in [5, 5.41) is 3.84. The van der Waals surface area contributed by atoms with Crippen LogP contribution in [-0.4, -0.2) is 54.0 Å². The molecule has 2 aliphatic heterocycles. The van der Waals surface area contributed by atoms with Crippen LogP contribution < -0.4 is 10.2 Å². The number of nitrogens with one attached hydrogen (secondary N) is 2. The SMILES string of the molecule is COCCNC(=O)c1ccc(N2C(=O)[C@@H]3Cc4c([nH]c5ccccc45)[C@H](c4ccc(C)cc4)N3C2=O)cc1. The summed E-state index contributed by atoms with van der Waals surface area (Å²) in [4.78, 5) is 46.6. The second kappa shape index (κ2) is 9.46. The van der Waals surface area contributed by atoms with Crippen LogP contribution >= 0.6 is 0 Å². The maximum atomic E-state index is 13.9. The van der Waals surface area contributed by atoms with E-state index in [1.165, 1.54) is 4.90 Å². The van der Waals surface area contributed by atoms with Gasteiger partial charge < -0.3 is 15.0 Å². The lowest BCUT2D eigenvalue weighted by molar-refractivity contribution is -0.120. The molecule has 0 aliphatic carbocycles. The molecule has 4 amide bonds. The number of hydrogen-bond donors (Lipinski definition) is 2. The minimum atomic E-state index is -0.627. The highest BCUT2D eigenvalue weighted by Crippen LogP contribution is 2.44. The number of carbonyl (C=O) groups is 3. The first-order valence-electron chi connectivity index (χ1n) is 12.7. The number of ether oxygens (including phenoxy) is 1. The van der Waals surface area contributed by atoms with Crippen molar-refractivity contribution < 1.29 is 19.1 Å². The summed E-state index contributed by atoms with van der Waals surface area (Å²) >= 11 is 0. The van der Waals surface area contributed by atoms with Crippen LogP contribution in [-0.2, 0) is 16.0 Å². The zero-order valence-electron chi connectivity index (χ0n) is 21.2. The average molecular weight is 509 g/mol. The van der Waals surface area contributed by atoms with Gasteiger partial charge in [-0.1, -0.05) is 48.0 Å². The molecule has 192 valence electrons. The summed E-state index contributed by atoms with van der Waals surface area (Å²) in [7, 11) is 1.57. The number of fused-ring (bicyclic) bond motifs is 4. The Labute approximate surface area is 220 Å². The molecule has 0 saturated carbocycles. The number of methoxy groups -OCH3 is 1. The van der Waals surface area contributed by atoms with Gasteiger partial charge in [0.15, 0.2) is 0 Å². The first-order valence-corrected chi connectivity index (χ1v) is 12.7. The van der Waals surface area contributed by atoms with Gasteiger partial charge in [-0.2, -0.15) is 0 Å². The lowest BCUT2D eigenvalue weighted by Gasteiger charge is -2.36. The molecule has 0 unspecified atom stereocenters. The monoisotopic (exact) mass is 508 g/mol. The zero-order chi connectivity index (χ0) is 26.4. The summed E-state index contributed by atoms with van der Waals surface area (Å²) < 4.78 is 4.97. The largest absolute Gasteiger partial charge is 0.383 e. The van der Waals surface area contributed by atoms with Gasteiger partial charge >= 0.3 is 6.03 Å². The van der Waals surface area contributed by atoms with E-state index < -0.39 is 12.1 Å². The van der Waals surface area contributed by atoms with Crippen molar-refractivity contribution >= 4 is 34.4 Å². The maximum absolute atomic E-state index is 13.9. The van der Waals surface area contributed by atoms with Crippen LogP contribution in [0.5, 0.6) is 0 Å². The second-order valence-electron chi connectivity index (χ2n) is 9.76. The lowest BCUT2D eigenvalue weighted by atomic mass is 9.88. The summed E-state index contributed by atoms with van der Waals surface area (Å²) in [5.41, 5.74) is 5.96. The Morgan fingerprint density at radius 1 is 1.03 bits per heavy atom. The fourth-order valence-electron chi connectivity index (χ4n) is 5.54. The van der Waals surface area contributed by atoms with Gasteiger partial charge in [0.2, 0.25) is 0 Å². The van der Waals surface area contributed by atoms with Gasteiger partial charge in [-0.25, -0.2) is 9.69 Å². The molecule has 1 fully saturated rings. The van der Waals surface area contributed by atoms with Crippen molar-refractivity contribution in [3.8, 4) is 0 Å². The van der Waals surface area contributed by atoms with E-state index in [0.717, 1.165) is 33.3 Å². The standard InChI is InChI=1S/C30H28N4O4/c1-18-7-9-19(10-8-18)27-26-23(22-5-3-4-6-24(22)32-26)17-25-29(36)33(30(37)34(25)27)21-13-11-20(12-14-21)28(35)31-15-16-38-2/h3-14,25,27,32H,15-17H2,1-2H3,(H,31,35)/t25-,27-/m0/s1. The van der Waals surface area contributed by atoms with Crippen molar-refractivity contribution in [2.45, 2.75) is 25.4 Å². The Bertz CT molecular complexity index is 1540. The Morgan fingerprint density at radius 2 is 1.76 bits per heavy atom. The number of para-hydroxylation sites is 1. The molecule has 2 atom stereocenters. The molecule has 1 saturated heterocycles. The number of aromatic amines is 1. The van der Waals surface area contributed by atoms with Crippen LogP contribution in [0.4, 0.5) is 10.5 Å². The molecule has 3 heterocycles. The first-order chi connectivity index (χ1) is 18.5. The summed E-state index contributed by atoms with van der Waals surface area (Å²) in [6.45, 7) is 2.83. The second-order valence-corrected chi connectivity index (χ2v) is 9.76. The molecule has 4 aromatic rings. The molecule has 2 N–H and O–H groups in total. The third kappa shape index (κ3) is 3.85. The van der Waals surface area contributed by atoms with Crippen LogP contribution in [0.15, 0.2) is 72.8 Å². The Balaban J connectivity index is 1.37. The highest BCUT2D eigenvalue weighted by Gasteiger charge is 2.53. The highest BCUT2D eigenvalue weighted by molar-refractivity contribution is 6.22. The fourth-order valence-corrected chi connectivity index (χ4v) is 5.54. The molecule has 8 heteroatoms. The number of rotatable bonds is 6. The number of aromatic nitrogens is 1. The Hall–Kier alpha value is -4.43. The van der Waals surface area contributed by atoms with Crippen molar-refractivity contribution in [2.75, 3.05) is 25.2 Å². The molecule has 38 heavy (non-hydrogen) atoms. The summed E-state index contributed by atoms with van der Waals surface area (Å²) in [6, 6.07) is 21.3. The number of aryl methyl sites for hydroxylation is 1. The number of nitrogens with zero attached hydrogens (tertiary/aromatic N) is 2. The van der Waals surface area contributed by atoms with Gasteiger partial charge in [-0.3, -0.25) is 14.5 Å². The predicted octanol–water partition coefficient (Wildman–Crippen LogP) is 4.34. The number of hydrogen-bond acceptors (Lipinski definition) is 4. The van der Waals surface area contributed by atoms with E-state index in [4.69, 9.17) is 4.74 Å². The van der Waals surface area contributed by atoms with E-state index in [9.17, 15) is 14.4 Å². The normalized spacial score (nSPS) is 18.6. The van der Waals surface area contributed by atoms with Crippen molar-refractivity contribution in [1.29, 1.82) is 0 Å². The zero-order valence-corrected chi connectivity index (χ0v) is 21.2. The number of carbonyl (C=O) groups excluding carboxylic acids is 3. The minimum absolute atomic E-state index is 0.241. The molecule has 6 rings (SSSR count). The fraction of sp³-hybridized carbons (Fsp3) is 0.233. The number of H-pyrrole nitrogens is 1. The van der Waals surface area contributed by atoms with E-state index >= 15 is 0 Å². The van der Waals surface area contributed by atoms with E-state index in [1.807, 2.05) is 49.4 Å². The third-order valence-corrected chi connectivity index (χ3v) is 7.42. The third-order valence-electron chi connectivity index (χ3n) is 7.42. The van der Waals surface area contributed by atoms with E-state index in [0.29, 0.717) is 30.8 Å². The smallest absolute Gasteiger partial charge is 0.332 e. The Morgan fingerprint density at radius 3 is 2.50 bits per heavy atom. The highest BCUT2D eigenvalue weighted by atomic mass is 16.5. The molecule has 0 radical (unpaired) electrons. The van der Waals surface area contributed by atoms with Gasteiger partial charge in [0.1, 0.15) is 12.1 Å². The molecule has 3 aromatic carbocycles. The van der Waals surface area contributed by atoms with E-state index in [2.05, 4.69) is 16.4 Å². The predicted molar refractivity (Wildman–Crippen MR) is 144 cm³/mol. The summed E-state index contributed by atoms with van der Waals surface area (Å²) in [6.07, 6.45) is 0.433. The Kier molecular flexibility index (Phi) is 5.96. The van der Waals surface area contributed by atoms with Crippen LogP contribution in [0.1, 0.15) is 38.8 Å². The lowest BCUT2D eigenvalue weighted by Crippen LogP contribution is -2.44. The molecule has 0 spiro atoms. The number of urea groups is 1. The van der Waals surface area contributed by atoms with Gasteiger partial charge in [0, 0.05) is 42.2 Å².